The van der Waals surface area contributed by atoms with Gasteiger partial charge in [0.25, 0.3) is 5.91 Å². The van der Waals surface area contributed by atoms with E-state index < -0.39 is 0 Å². The van der Waals surface area contributed by atoms with Crippen LogP contribution in [0.2, 0.25) is 0 Å². The number of nitrogens with one attached hydrogen (secondary N) is 1. The molecular formula is C18H16Br2N2O4. The second-order valence-corrected chi connectivity index (χ2v) is 7.36. The third-order valence-electron chi connectivity index (χ3n) is 3.81. The summed E-state index contributed by atoms with van der Waals surface area (Å²) in [7, 11) is 0. The Balaban J connectivity index is 0.000000151. The summed E-state index contributed by atoms with van der Waals surface area (Å²) in [6.07, 6.45) is 0.658. The van der Waals surface area contributed by atoms with E-state index in [0.717, 1.165) is 20.3 Å². The minimum atomic E-state index is -0.0694. The Morgan fingerprint density at radius 3 is 2.27 bits per heavy atom. The van der Waals surface area contributed by atoms with Gasteiger partial charge in [0.05, 0.1) is 24.4 Å². The Morgan fingerprint density at radius 2 is 1.58 bits per heavy atom. The van der Waals surface area contributed by atoms with Crippen molar-refractivity contribution in [1.29, 1.82) is 0 Å². The van der Waals surface area contributed by atoms with Crippen molar-refractivity contribution in [2.24, 2.45) is 5.16 Å². The highest BCUT2D eigenvalue weighted by Gasteiger charge is 2.17. The first-order valence-electron chi connectivity index (χ1n) is 7.92. The molecule has 2 N–H and O–H groups in total. The lowest BCUT2D eigenvalue weighted by Crippen LogP contribution is -2.24. The number of hydrogen-bond acceptors (Lipinski definition) is 5. The molecule has 0 saturated heterocycles. The van der Waals surface area contributed by atoms with Gasteiger partial charge in [-0.15, -0.1) is 0 Å². The standard InChI is InChI=1S/2C9H8BrNO2/c10-6-1-2-7-8(5-6)13-4-3-11-9(7)12;10-6-1-2-7-8(11-12)3-4-13-9(7)5-6/h1-2,5H,3-4H2,(H,11,12);1-2,5,12H,3-4H2/b;11-8+. The highest BCUT2D eigenvalue weighted by molar-refractivity contribution is 9.10. The number of carbonyl (C=O) groups excluding carboxylic acids is 1. The van der Waals surface area contributed by atoms with E-state index >= 15 is 0 Å². The van der Waals surface area contributed by atoms with Crippen molar-refractivity contribution in [2.75, 3.05) is 19.8 Å². The number of oxime groups is 1. The SMILES string of the molecule is O/N=C1\CCOc2cc(Br)ccc21.O=C1NCCOc2cc(Br)ccc21. The number of fused-ring (bicyclic) bond motifs is 2. The van der Waals surface area contributed by atoms with E-state index in [1.807, 2.05) is 24.3 Å². The van der Waals surface area contributed by atoms with Crippen molar-refractivity contribution in [1.82, 2.24) is 5.32 Å². The predicted molar refractivity (Wildman–Crippen MR) is 105 cm³/mol. The van der Waals surface area contributed by atoms with Crippen LogP contribution in [0, 0.1) is 0 Å². The summed E-state index contributed by atoms with van der Waals surface area (Å²) >= 11 is 6.67. The fourth-order valence-corrected chi connectivity index (χ4v) is 3.25. The van der Waals surface area contributed by atoms with Crippen LogP contribution in [0.15, 0.2) is 50.5 Å². The minimum absolute atomic E-state index is 0.0694. The van der Waals surface area contributed by atoms with Crippen molar-refractivity contribution < 1.29 is 19.5 Å². The van der Waals surface area contributed by atoms with E-state index in [9.17, 15) is 4.79 Å². The topological polar surface area (TPSA) is 80.2 Å². The average Bonchev–Trinajstić information content (AvgIpc) is 2.82. The summed E-state index contributed by atoms with van der Waals surface area (Å²) in [4.78, 5) is 11.4. The van der Waals surface area contributed by atoms with E-state index in [2.05, 4.69) is 42.3 Å². The van der Waals surface area contributed by atoms with Crippen LogP contribution in [-0.2, 0) is 0 Å². The molecule has 0 fully saturated rings. The molecule has 26 heavy (non-hydrogen) atoms. The molecule has 4 rings (SSSR count). The zero-order valence-corrected chi connectivity index (χ0v) is 16.8. The summed E-state index contributed by atoms with van der Waals surface area (Å²) in [5.74, 6) is 1.35. The molecule has 0 aliphatic carbocycles. The highest BCUT2D eigenvalue weighted by Crippen LogP contribution is 2.28. The normalized spacial score (nSPS) is 16.7. The average molecular weight is 484 g/mol. The summed E-state index contributed by atoms with van der Waals surface area (Å²) in [6.45, 7) is 1.66. The van der Waals surface area contributed by atoms with Crippen molar-refractivity contribution >= 4 is 43.5 Å². The largest absolute Gasteiger partial charge is 0.492 e. The molecular weight excluding hydrogens is 468 g/mol. The molecule has 6 nitrogen and oxygen atoms in total. The van der Waals surface area contributed by atoms with Gasteiger partial charge in [0.15, 0.2) is 0 Å². The Labute approximate surface area is 167 Å². The maximum absolute atomic E-state index is 11.4. The number of ether oxygens (including phenoxy) is 2. The maximum Gasteiger partial charge on any atom is 0.255 e. The first-order valence-corrected chi connectivity index (χ1v) is 9.51. The summed E-state index contributed by atoms with van der Waals surface area (Å²) in [6, 6.07) is 11.0. The highest BCUT2D eigenvalue weighted by atomic mass is 79.9. The third kappa shape index (κ3) is 4.37. The molecule has 0 atom stereocenters. The van der Waals surface area contributed by atoms with Gasteiger partial charge in [-0.05, 0) is 36.4 Å². The zero-order valence-electron chi connectivity index (χ0n) is 13.7. The first-order chi connectivity index (χ1) is 12.6. The van der Waals surface area contributed by atoms with Gasteiger partial charge in [-0.25, -0.2) is 0 Å². The van der Waals surface area contributed by atoms with Gasteiger partial charge in [-0.3, -0.25) is 4.79 Å². The zero-order chi connectivity index (χ0) is 18.5. The van der Waals surface area contributed by atoms with Crippen molar-refractivity contribution in [2.45, 2.75) is 6.42 Å². The fourth-order valence-electron chi connectivity index (χ4n) is 2.57. The molecule has 0 bridgehead atoms. The second kappa shape index (κ2) is 8.55. The summed E-state index contributed by atoms with van der Waals surface area (Å²) in [5.41, 5.74) is 2.16. The molecule has 2 aromatic carbocycles. The van der Waals surface area contributed by atoms with Gasteiger partial charge in [0.1, 0.15) is 18.1 Å². The Morgan fingerprint density at radius 1 is 0.962 bits per heavy atom. The van der Waals surface area contributed by atoms with Gasteiger partial charge in [0.2, 0.25) is 0 Å². The third-order valence-corrected chi connectivity index (χ3v) is 4.79. The van der Waals surface area contributed by atoms with E-state index in [0.29, 0.717) is 43.2 Å². The smallest absolute Gasteiger partial charge is 0.255 e. The molecule has 0 aromatic heterocycles. The molecule has 0 spiro atoms. The van der Waals surface area contributed by atoms with Crippen molar-refractivity contribution in [3.63, 3.8) is 0 Å². The van der Waals surface area contributed by atoms with Crippen molar-refractivity contribution in [3.8, 4) is 11.5 Å². The fraction of sp³-hybridized carbons (Fsp3) is 0.222. The van der Waals surface area contributed by atoms with Crippen LogP contribution in [0.1, 0.15) is 22.3 Å². The van der Waals surface area contributed by atoms with Crippen LogP contribution in [0.3, 0.4) is 0 Å². The van der Waals surface area contributed by atoms with E-state index in [1.165, 1.54) is 0 Å². The lowest BCUT2D eigenvalue weighted by atomic mass is 10.0. The Kier molecular flexibility index (Phi) is 6.16. The molecule has 2 aliphatic rings. The number of hydrogen-bond donors (Lipinski definition) is 2. The van der Waals surface area contributed by atoms with Crippen LogP contribution >= 0.6 is 31.9 Å². The van der Waals surface area contributed by atoms with Crippen LogP contribution in [0.4, 0.5) is 0 Å². The molecule has 1 amide bonds. The van der Waals surface area contributed by atoms with E-state index in [-0.39, 0.29) is 5.91 Å². The molecule has 0 unspecified atom stereocenters. The lowest BCUT2D eigenvalue weighted by molar-refractivity contribution is 0.0957. The number of benzene rings is 2. The van der Waals surface area contributed by atoms with E-state index in [1.54, 1.807) is 12.1 Å². The van der Waals surface area contributed by atoms with Crippen LogP contribution < -0.4 is 14.8 Å². The van der Waals surface area contributed by atoms with Gasteiger partial charge in [0, 0.05) is 20.9 Å². The van der Waals surface area contributed by atoms with Gasteiger partial charge >= 0.3 is 0 Å². The minimum Gasteiger partial charge on any atom is -0.492 e. The van der Waals surface area contributed by atoms with E-state index in [4.69, 9.17) is 14.7 Å². The molecule has 0 saturated carbocycles. The predicted octanol–water partition coefficient (Wildman–Crippen LogP) is 3.98. The summed E-state index contributed by atoms with van der Waals surface area (Å²) in [5, 5.41) is 14.7. The Hall–Kier alpha value is -2.06. The number of halogens is 2. The molecule has 8 heteroatoms. The number of nitrogens with zero attached hydrogens (tertiary/aromatic N) is 1. The van der Waals surface area contributed by atoms with Gasteiger partial charge in [-0.1, -0.05) is 37.0 Å². The van der Waals surface area contributed by atoms with Crippen LogP contribution in [0.25, 0.3) is 0 Å². The van der Waals surface area contributed by atoms with Crippen LogP contribution in [0.5, 0.6) is 11.5 Å². The molecule has 136 valence electrons. The number of rotatable bonds is 0. The van der Waals surface area contributed by atoms with Gasteiger partial charge < -0.3 is 20.0 Å². The lowest BCUT2D eigenvalue weighted by Gasteiger charge is -2.17. The molecule has 2 aliphatic heterocycles. The number of carbonyl (C=O) groups is 1. The van der Waals surface area contributed by atoms with Gasteiger partial charge in [-0.2, -0.15) is 0 Å². The monoisotopic (exact) mass is 482 g/mol. The number of amides is 1. The quantitative estimate of drug-likeness (QED) is 0.438. The Bertz CT molecular complexity index is 855. The second-order valence-electron chi connectivity index (χ2n) is 5.53. The molecule has 2 aromatic rings. The maximum atomic E-state index is 11.4. The van der Waals surface area contributed by atoms with Crippen molar-refractivity contribution in [3.05, 3.63) is 56.5 Å². The molecule has 2 heterocycles. The first kappa shape index (κ1) is 18.7. The molecule has 0 radical (unpaired) electrons. The summed E-state index contributed by atoms with van der Waals surface area (Å²) < 4.78 is 12.7. The van der Waals surface area contributed by atoms with Crippen LogP contribution in [-0.4, -0.2) is 36.6 Å².